The molecule has 1 atom stereocenters. The fourth-order valence-corrected chi connectivity index (χ4v) is 5.90. The highest BCUT2D eigenvalue weighted by molar-refractivity contribution is 6.37. The Morgan fingerprint density at radius 2 is 1.73 bits per heavy atom. The highest BCUT2D eigenvalue weighted by Crippen LogP contribution is 2.31. The molecule has 6 rings (SSSR count). The summed E-state index contributed by atoms with van der Waals surface area (Å²) in [4.78, 5) is 22.6. The number of rotatable bonds is 6. The van der Waals surface area contributed by atoms with E-state index in [-0.39, 0.29) is 5.91 Å². The number of carbonyl (C=O) groups is 1. The fourth-order valence-electron chi connectivity index (χ4n) is 5.51. The minimum absolute atomic E-state index is 0.175. The molecule has 1 fully saturated rings. The van der Waals surface area contributed by atoms with Crippen LogP contribution in [0.5, 0.6) is 0 Å². The van der Waals surface area contributed by atoms with Crippen molar-refractivity contribution in [2.24, 2.45) is 4.99 Å². The van der Waals surface area contributed by atoms with Gasteiger partial charge in [-0.05, 0) is 30.3 Å². The number of benzene rings is 3. The van der Waals surface area contributed by atoms with E-state index in [1.807, 2.05) is 36.4 Å². The minimum Gasteiger partial charge on any atom is -0.378 e. The average Bonchev–Trinajstić information content (AvgIpc) is 3.24. The van der Waals surface area contributed by atoms with Crippen molar-refractivity contribution in [1.29, 1.82) is 0 Å². The molecule has 210 valence electrons. The molecule has 2 heterocycles. The zero-order valence-electron chi connectivity index (χ0n) is 22.7. The number of hydrogen-bond acceptors (Lipinski definition) is 6. The smallest absolute Gasteiger partial charge is 0.266 e. The van der Waals surface area contributed by atoms with Crippen LogP contribution in [0.4, 0.5) is 5.69 Å². The van der Waals surface area contributed by atoms with Crippen LogP contribution in [0, 0.1) is 0 Å². The lowest BCUT2D eigenvalue weighted by Gasteiger charge is -2.29. The lowest BCUT2D eigenvalue weighted by atomic mass is 10.00. The first-order valence-electron chi connectivity index (χ1n) is 13.7. The van der Waals surface area contributed by atoms with Crippen LogP contribution in [-0.4, -0.2) is 62.7 Å². The first-order chi connectivity index (χ1) is 20.0. The molecule has 3 aromatic rings. The molecular formula is C32H31Cl2N5O2. The van der Waals surface area contributed by atoms with Crippen LogP contribution in [0.3, 0.4) is 0 Å². The second-order valence-corrected chi connectivity index (χ2v) is 10.9. The molecule has 0 radical (unpaired) electrons. The normalized spacial score (nSPS) is 18.9. The van der Waals surface area contributed by atoms with Gasteiger partial charge >= 0.3 is 0 Å². The Labute approximate surface area is 249 Å². The summed E-state index contributed by atoms with van der Waals surface area (Å²) in [6.07, 6.45) is 4.30. The van der Waals surface area contributed by atoms with E-state index in [4.69, 9.17) is 32.9 Å². The van der Waals surface area contributed by atoms with Crippen molar-refractivity contribution in [2.45, 2.75) is 12.6 Å². The monoisotopic (exact) mass is 587 g/mol. The Morgan fingerprint density at radius 3 is 2.54 bits per heavy atom. The third-order valence-electron chi connectivity index (χ3n) is 7.60. The number of fused-ring (bicyclic) bond motifs is 2. The van der Waals surface area contributed by atoms with E-state index in [0.717, 1.165) is 60.5 Å². The molecule has 1 amide bonds. The standard InChI is InChI=1S/C32H31Cl2N5O2/c1-38-28-14-13-21(33)19-25(28)30(24-9-4-5-10-26(24)34)37-31(32(38)40)36-20-35-27-11-6-12-29(39-15-17-41-18-16-39)23-8-3-2-7-22(23)27/h2-10,12-14,19,31,35-36H,11,15-18,20H2,1H3. The molecule has 2 N–H and O–H groups in total. The number of ether oxygens (including phenoxy) is 1. The molecule has 3 aromatic carbocycles. The van der Waals surface area contributed by atoms with Crippen LogP contribution in [0.1, 0.15) is 17.5 Å². The Hall–Kier alpha value is -3.62. The van der Waals surface area contributed by atoms with E-state index >= 15 is 0 Å². The minimum atomic E-state index is -0.836. The predicted molar refractivity (Wildman–Crippen MR) is 166 cm³/mol. The molecule has 7 nitrogen and oxygen atoms in total. The topological polar surface area (TPSA) is 69.2 Å². The number of carbonyl (C=O) groups excluding carboxylic acids is 1. The van der Waals surface area contributed by atoms with Crippen molar-refractivity contribution in [3.63, 3.8) is 0 Å². The third-order valence-corrected chi connectivity index (χ3v) is 8.17. The van der Waals surface area contributed by atoms with Crippen molar-refractivity contribution in [3.8, 4) is 0 Å². The lowest BCUT2D eigenvalue weighted by Crippen LogP contribution is -2.47. The van der Waals surface area contributed by atoms with Crippen LogP contribution in [0.15, 0.2) is 83.9 Å². The number of benzodiazepines with no additional fused rings is 1. The van der Waals surface area contributed by atoms with Gasteiger partial charge in [-0.3, -0.25) is 15.1 Å². The quantitative estimate of drug-likeness (QED) is 0.432. The van der Waals surface area contributed by atoms with Crippen molar-refractivity contribution in [3.05, 3.63) is 110 Å². The average molecular weight is 589 g/mol. The van der Waals surface area contributed by atoms with Gasteiger partial charge in [-0.1, -0.05) is 71.7 Å². The second kappa shape index (κ2) is 12.1. The number of aliphatic imine (C=N–C) groups is 1. The first-order valence-corrected chi connectivity index (χ1v) is 14.5. The molecule has 2 aliphatic heterocycles. The molecule has 0 bridgehead atoms. The summed E-state index contributed by atoms with van der Waals surface area (Å²) in [6, 6.07) is 21.4. The van der Waals surface area contributed by atoms with Gasteiger partial charge in [-0.2, -0.15) is 0 Å². The number of amides is 1. The maximum Gasteiger partial charge on any atom is 0.266 e. The van der Waals surface area contributed by atoms with E-state index in [2.05, 4.69) is 52.0 Å². The van der Waals surface area contributed by atoms with Crippen LogP contribution in [-0.2, 0) is 9.53 Å². The van der Waals surface area contributed by atoms with Gasteiger partial charge in [0, 0.05) is 69.6 Å². The number of nitrogens with one attached hydrogen (secondary N) is 2. The second-order valence-electron chi connectivity index (χ2n) is 10.1. The van der Waals surface area contributed by atoms with Gasteiger partial charge in [0.05, 0.1) is 31.3 Å². The fraction of sp³-hybridized carbons (Fsp3) is 0.250. The number of anilines is 1. The van der Waals surface area contributed by atoms with Gasteiger partial charge in [0.1, 0.15) is 0 Å². The number of likely N-dealkylation sites (N-methyl/N-ethyl adjacent to an activating group) is 1. The summed E-state index contributed by atoms with van der Waals surface area (Å²) >= 11 is 13.0. The van der Waals surface area contributed by atoms with Crippen LogP contribution >= 0.6 is 23.2 Å². The predicted octanol–water partition coefficient (Wildman–Crippen LogP) is 3.48. The number of hydrogen-bond donors (Lipinski definition) is 2. The summed E-state index contributed by atoms with van der Waals surface area (Å²) in [5.74, 6) is -0.175. The third kappa shape index (κ3) is 5.63. The molecule has 0 spiro atoms. The zero-order chi connectivity index (χ0) is 28.3. The molecule has 41 heavy (non-hydrogen) atoms. The van der Waals surface area contributed by atoms with Crippen molar-refractivity contribution >= 4 is 51.9 Å². The first kappa shape index (κ1) is 27.5. The van der Waals surface area contributed by atoms with E-state index in [1.54, 1.807) is 18.0 Å². The molecule has 9 heteroatoms. The lowest BCUT2D eigenvalue weighted by molar-refractivity contribution is -0.120. The van der Waals surface area contributed by atoms with Gasteiger partial charge in [-0.25, -0.2) is 0 Å². The number of nitrogens with zero attached hydrogens (tertiary/aromatic N) is 3. The number of morpholine rings is 1. The maximum absolute atomic E-state index is 13.6. The van der Waals surface area contributed by atoms with Crippen molar-refractivity contribution in [2.75, 3.05) is 44.9 Å². The van der Waals surface area contributed by atoms with Gasteiger partial charge in [-0.15, -0.1) is 0 Å². The molecule has 0 aromatic heterocycles. The Kier molecular flexibility index (Phi) is 8.12. The van der Waals surface area contributed by atoms with Gasteiger partial charge < -0.3 is 19.9 Å². The van der Waals surface area contributed by atoms with Crippen LogP contribution in [0.2, 0.25) is 10.0 Å². The van der Waals surface area contributed by atoms with Gasteiger partial charge in [0.25, 0.3) is 5.91 Å². The SMILES string of the molecule is CN1C(=O)C(NCNC2=c3ccccc3=C(N3CCOCC3)C=CC2)N=C(c2ccccc2Cl)c2cc(Cl)ccc21. The zero-order valence-corrected chi connectivity index (χ0v) is 24.3. The molecule has 0 saturated carbocycles. The van der Waals surface area contributed by atoms with E-state index in [1.165, 1.54) is 10.9 Å². The summed E-state index contributed by atoms with van der Waals surface area (Å²) in [5, 5.41) is 10.3. The summed E-state index contributed by atoms with van der Waals surface area (Å²) < 4.78 is 5.58. The van der Waals surface area contributed by atoms with Crippen LogP contribution in [0.25, 0.3) is 11.4 Å². The van der Waals surface area contributed by atoms with Gasteiger partial charge in [0.2, 0.25) is 0 Å². The van der Waals surface area contributed by atoms with Crippen molar-refractivity contribution < 1.29 is 9.53 Å². The molecule has 3 aliphatic rings. The Morgan fingerprint density at radius 1 is 0.976 bits per heavy atom. The maximum atomic E-state index is 13.6. The summed E-state index contributed by atoms with van der Waals surface area (Å²) in [5.41, 5.74) is 5.11. The van der Waals surface area contributed by atoms with E-state index in [0.29, 0.717) is 22.4 Å². The molecule has 1 aliphatic carbocycles. The number of halogens is 2. The van der Waals surface area contributed by atoms with Crippen molar-refractivity contribution in [1.82, 2.24) is 15.5 Å². The summed E-state index contributed by atoms with van der Waals surface area (Å²) in [6.45, 7) is 3.54. The van der Waals surface area contributed by atoms with Gasteiger partial charge in [0.15, 0.2) is 6.17 Å². The molecule has 1 unspecified atom stereocenters. The Balaban J connectivity index is 1.32. The highest BCUT2D eigenvalue weighted by atomic mass is 35.5. The summed E-state index contributed by atoms with van der Waals surface area (Å²) in [7, 11) is 1.76. The molecular weight excluding hydrogens is 557 g/mol. The van der Waals surface area contributed by atoms with E-state index in [9.17, 15) is 4.79 Å². The molecule has 1 saturated heterocycles. The van der Waals surface area contributed by atoms with Crippen LogP contribution < -0.4 is 26.0 Å². The van der Waals surface area contributed by atoms with E-state index < -0.39 is 6.17 Å². The largest absolute Gasteiger partial charge is 0.378 e. The highest BCUT2D eigenvalue weighted by Gasteiger charge is 2.30. The Bertz CT molecular complexity index is 1660.